The lowest BCUT2D eigenvalue weighted by atomic mass is 9.75. The number of rotatable bonds is 3. The molecular formula is C19H30N2. The fourth-order valence-corrected chi connectivity index (χ4v) is 4.49. The van der Waals surface area contributed by atoms with Crippen LogP contribution < -0.4 is 11.1 Å². The molecule has 0 aromatic heterocycles. The molecule has 0 heterocycles. The van der Waals surface area contributed by atoms with Gasteiger partial charge in [-0.15, -0.1) is 0 Å². The second kappa shape index (κ2) is 6.72. The summed E-state index contributed by atoms with van der Waals surface area (Å²) in [4.78, 5) is 0. The topological polar surface area (TPSA) is 38.0 Å². The van der Waals surface area contributed by atoms with E-state index < -0.39 is 0 Å². The molecule has 21 heavy (non-hydrogen) atoms. The van der Waals surface area contributed by atoms with Crippen molar-refractivity contribution in [3.05, 3.63) is 23.3 Å². The summed E-state index contributed by atoms with van der Waals surface area (Å²) in [5.41, 5.74) is 11.8. The molecule has 0 unspecified atom stereocenters. The lowest BCUT2D eigenvalue weighted by molar-refractivity contribution is 0.419. The molecule has 2 nitrogen and oxygen atoms in total. The Hall–Kier alpha value is -1.18. The summed E-state index contributed by atoms with van der Waals surface area (Å²) in [7, 11) is 1.98. The minimum atomic E-state index is 0.698. The van der Waals surface area contributed by atoms with Gasteiger partial charge >= 0.3 is 0 Å². The van der Waals surface area contributed by atoms with Crippen LogP contribution >= 0.6 is 0 Å². The van der Waals surface area contributed by atoms with E-state index in [1.165, 1.54) is 69.8 Å². The molecule has 0 atom stereocenters. The molecule has 0 radical (unpaired) electrons. The first kappa shape index (κ1) is 14.7. The van der Waals surface area contributed by atoms with E-state index in [2.05, 4.69) is 17.4 Å². The van der Waals surface area contributed by atoms with E-state index in [-0.39, 0.29) is 0 Å². The SMILES string of the molecule is CNc1ccc(C2CCCCC2)c(C2CCCCC2)c1N. The third-order valence-electron chi connectivity index (χ3n) is 5.65. The summed E-state index contributed by atoms with van der Waals surface area (Å²) < 4.78 is 0. The van der Waals surface area contributed by atoms with Gasteiger partial charge in [0.25, 0.3) is 0 Å². The molecule has 0 saturated heterocycles. The maximum Gasteiger partial charge on any atom is 0.0588 e. The van der Waals surface area contributed by atoms with Crippen molar-refractivity contribution in [2.24, 2.45) is 0 Å². The molecule has 0 bridgehead atoms. The molecule has 0 spiro atoms. The molecule has 0 amide bonds. The van der Waals surface area contributed by atoms with Crippen LogP contribution in [0, 0.1) is 0 Å². The molecule has 2 saturated carbocycles. The van der Waals surface area contributed by atoms with Crippen molar-refractivity contribution in [1.29, 1.82) is 0 Å². The summed E-state index contributed by atoms with van der Waals surface area (Å²) in [6.45, 7) is 0. The van der Waals surface area contributed by atoms with E-state index in [9.17, 15) is 0 Å². The van der Waals surface area contributed by atoms with E-state index in [0.29, 0.717) is 5.92 Å². The first-order valence-electron chi connectivity index (χ1n) is 8.91. The van der Waals surface area contributed by atoms with Crippen molar-refractivity contribution in [2.75, 3.05) is 18.1 Å². The van der Waals surface area contributed by atoms with Gasteiger partial charge in [-0.1, -0.05) is 44.6 Å². The van der Waals surface area contributed by atoms with Crippen molar-refractivity contribution >= 4 is 11.4 Å². The fourth-order valence-electron chi connectivity index (χ4n) is 4.49. The van der Waals surface area contributed by atoms with Gasteiger partial charge < -0.3 is 11.1 Å². The van der Waals surface area contributed by atoms with Crippen molar-refractivity contribution < 1.29 is 0 Å². The summed E-state index contributed by atoms with van der Waals surface area (Å²) >= 11 is 0. The Kier molecular flexibility index (Phi) is 4.72. The number of nitrogens with two attached hydrogens (primary N) is 1. The van der Waals surface area contributed by atoms with Crippen LogP contribution in [0.2, 0.25) is 0 Å². The Bertz CT molecular complexity index is 469. The largest absolute Gasteiger partial charge is 0.397 e. The van der Waals surface area contributed by atoms with Gasteiger partial charge in [0.15, 0.2) is 0 Å². The number of benzene rings is 1. The summed E-state index contributed by atoms with van der Waals surface area (Å²) in [5.74, 6) is 1.45. The van der Waals surface area contributed by atoms with E-state index in [4.69, 9.17) is 5.73 Å². The molecule has 3 N–H and O–H groups in total. The molecule has 2 heteroatoms. The maximum atomic E-state index is 6.57. The second-order valence-electron chi connectivity index (χ2n) is 6.95. The van der Waals surface area contributed by atoms with E-state index in [1.807, 2.05) is 7.05 Å². The highest BCUT2D eigenvalue weighted by atomic mass is 14.9. The predicted molar refractivity (Wildman–Crippen MR) is 92.1 cm³/mol. The van der Waals surface area contributed by atoms with Gasteiger partial charge in [-0.25, -0.2) is 0 Å². The smallest absolute Gasteiger partial charge is 0.0588 e. The number of hydrogen-bond acceptors (Lipinski definition) is 2. The number of nitrogens with one attached hydrogen (secondary N) is 1. The van der Waals surface area contributed by atoms with Crippen LogP contribution in [0.3, 0.4) is 0 Å². The Morgan fingerprint density at radius 2 is 1.43 bits per heavy atom. The Balaban J connectivity index is 1.98. The highest BCUT2D eigenvalue weighted by Gasteiger charge is 2.26. The third kappa shape index (κ3) is 3.04. The minimum absolute atomic E-state index is 0.698. The van der Waals surface area contributed by atoms with E-state index in [0.717, 1.165) is 17.3 Å². The summed E-state index contributed by atoms with van der Waals surface area (Å²) in [5, 5.41) is 3.28. The second-order valence-corrected chi connectivity index (χ2v) is 6.95. The van der Waals surface area contributed by atoms with Gasteiger partial charge in [0, 0.05) is 7.05 Å². The van der Waals surface area contributed by atoms with Crippen LogP contribution in [0.25, 0.3) is 0 Å². The predicted octanol–water partition coefficient (Wildman–Crippen LogP) is 5.41. The van der Waals surface area contributed by atoms with Gasteiger partial charge in [0.1, 0.15) is 0 Å². The molecule has 116 valence electrons. The number of nitrogen functional groups attached to an aromatic ring is 1. The van der Waals surface area contributed by atoms with Gasteiger partial charge in [0.05, 0.1) is 11.4 Å². The normalized spacial score (nSPS) is 21.4. The molecule has 0 aliphatic heterocycles. The molecule has 2 aliphatic carbocycles. The maximum absolute atomic E-state index is 6.57. The molecular weight excluding hydrogens is 256 g/mol. The standard InChI is InChI=1S/C19H30N2/c1-21-17-13-12-16(14-8-4-2-5-9-14)18(19(17)20)15-10-6-3-7-11-15/h12-15,21H,2-11,20H2,1H3. The summed E-state index contributed by atoms with van der Waals surface area (Å²) in [6.07, 6.45) is 13.7. The number of anilines is 2. The van der Waals surface area contributed by atoms with Crippen LogP contribution in [-0.2, 0) is 0 Å². The Morgan fingerprint density at radius 3 is 2.00 bits per heavy atom. The zero-order valence-corrected chi connectivity index (χ0v) is 13.5. The van der Waals surface area contributed by atoms with Crippen LogP contribution in [0.15, 0.2) is 12.1 Å². The van der Waals surface area contributed by atoms with Gasteiger partial charge in [-0.3, -0.25) is 0 Å². The highest BCUT2D eigenvalue weighted by Crippen LogP contribution is 2.45. The summed E-state index contributed by atoms with van der Waals surface area (Å²) in [6, 6.07) is 4.58. The van der Waals surface area contributed by atoms with Crippen LogP contribution in [-0.4, -0.2) is 7.05 Å². The molecule has 2 fully saturated rings. The van der Waals surface area contributed by atoms with E-state index >= 15 is 0 Å². The van der Waals surface area contributed by atoms with Crippen molar-refractivity contribution in [1.82, 2.24) is 0 Å². The Labute approximate surface area is 129 Å². The van der Waals surface area contributed by atoms with Gasteiger partial charge in [-0.05, 0) is 54.7 Å². The van der Waals surface area contributed by atoms with Crippen LogP contribution in [0.5, 0.6) is 0 Å². The number of hydrogen-bond donors (Lipinski definition) is 2. The zero-order valence-electron chi connectivity index (χ0n) is 13.5. The first-order chi connectivity index (χ1) is 10.3. The van der Waals surface area contributed by atoms with Crippen molar-refractivity contribution in [3.63, 3.8) is 0 Å². The van der Waals surface area contributed by atoms with Gasteiger partial charge in [0.2, 0.25) is 0 Å². The lowest BCUT2D eigenvalue weighted by Crippen LogP contribution is -2.15. The minimum Gasteiger partial charge on any atom is -0.397 e. The average molecular weight is 286 g/mol. The average Bonchev–Trinajstić information content (AvgIpc) is 2.56. The van der Waals surface area contributed by atoms with E-state index in [1.54, 1.807) is 5.56 Å². The first-order valence-corrected chi connectivity index (χ1v) is 8.91. The third-order valence-corrected chi connectivity index (χ3v) is 5.65. The van der Waals surface area contributed by atoms with Crippen LogP contribution in [0.1, 0.15) is 87.2 Å². The quantitative estimate of drug-likeness (QED) is 0.729. The Morgan fingerprint density at radius 1 is 0.857 bits per heavy atom. The lowest BCUT2D eigenvalue weighted by Gasteiger charge is -2.31. The van der Waals surface area contributed by atoms with Crippen molar-refractivity contribution in [2.45, 2.75) is 76.0 Å². The fraction of sp³-hybridized carbons (Fsp3) is 0.684. The van der Waals surface area contributed by atoms with Crippen LogP contribution in [0.4, 0.5) is 11.4 Å². The molecule has 1 aromatic carbocycles. The zero-order chi connectivity index (χ0) is 14.7. The molecule has 1 aromatic rings. The monoisotopic (exact) mass is 286 g/mol. The molecule has 2 aliphatic rings. The highest BCUT2D eigenvalue weighted by molar-refractivity contribution is 5.72. The van der Waals surface area contributed by atoms with Crippen molar-refractivity contribution in [3.8, 4) is 0 Å². The molecule has 3 rings (SSSR count). The van der Waals surface area contributed by atoms with Gasteiger partial charge in [-0.2, -0.15) is 0 Å².